The van der Waals surface area contributed by atoms with E-state index < -0.39 is 5.60 Å². The average Bonchev–Trinajstić information content (AvgIpc) is 3.00. The minimum atomic E-state index is -1.11. The van der Waals surface area contributed by atoms with Crippen molar-refractivity contribution in [2.75, 3.05) is 6.54 Å². The highest BCUT2D eigenvalue weighted by Gasteiger charge is 2.24. The van der Waals surface area contributed by atoms with Gasteiger partial charge in [-0.2, -0.15) is 0 Å². The Bertz CT molecular complexity index is 678. The Hall–Kier alpha value is -1.98. The lowest BCUT2D eigenvalue weighted by atomic mass is 10.0. The van der Waals surface area contributed by atoms with Gasteiger partial charge in [-0.25, -0.2) is 4.39 Å². The van der Waals surface area contributed by atoms with E-state index >= 15 is 0 Å². The Morgan fingerprint density at radius 1 is 1.41 bits per heavy atom. The number of amides is 1. The number of carbonyl (C=O) groups is 1. The van der Waals surface area contributed by atoms with Gasteiger partial charge in [0.05, 0.1) is 6.54 Å². The van der Waals surface area contributed by atoms with Crippen LogP contribution in [0.4, 0.5) is 4.39 Å². The van der Waals surface area contributed by atoms with E-state index in [1.165, 1.54) is 29.5 Å². The number of thiophene rings is 1. The van der Waals surface area contributed by atoms with Gasteiger partial charge in [0.2, 0.25) is 5.91 Å². The molecule has 0 fully saturated rings. The second-order valence-corrected chi connectivity index (χ2v) is 6.25. The molecule has 1 aromatic carbocycles. The molecule has 0 radical (unpaired) electrons. The second-order valence-electron chi connectivity index (χ2n) is 5.31. The van der Waals surface area contributed by atoms with Gasteiger partial charge in [-0.05, 0) is 48.6 Å². The molecule has 3 nitrogen and oxygen atoms in total. The molecule has 5 heteroatoms. The molecule has 0 saturated heterocycles. The number of benzene rings is 1. The Morgan fingerprint density at radius 2 is 2.18 bits per heavy atom. The quantitative estimate of drug-likeness (QED) is 0.831. The van der Waals surface area contributed by atoms with E-state index in [0.29, 0.717) is 11.1 Å². The fraction of sp³-hybridized carbons (Fsp3) is 0.235. The van der Waals surface area contributed by atoms with Crippen molar-refractivity contribution >= 4 is 22.8 Å². The van der Waals surface area contributed by atoms with Crippen LogP contribution in [-0.2, 0) is 10.4 Å². The van der Waals surface area contributed by atoms with Crippen LogP contribution in [0.5, 0.6) is 0 Å². The minimum absolute atomic E-state index is 0.110. The topological polar surface area (TPSA) is 49.3 Å². The van der Waals surface area contributed by atoms with Crippen LogP contribution in [0.15, 0.2) is 47.9 Å². The molecule has 22 heavy (non-hydrogen) atoms. The van der Waals surface area contributed by atoms with Crippen LogP contribution in [-0.4, -0.2) is 17.6 Å². The summed E-state index contributed by atoms with van der Waals surface area (Å²) in [7, 11) is 0. The third-order valence-electron chi connectivity index (χ3n) is 3.29. The molecule has 0 aliphatic carbocycles. The van der Waals surface area contributed by atoms with E-state index in [1.54, 1.807) is 26.0 Å². The predicted molar refractivity (Wildman–Crippen MR) is 87.0 cm³/mol. The average molecular weight is 319 g/mol. The van der Waals surface area contributed by atoms with Crippen molar-refractivity contribution in [1.29, 1.82) is 0 Å². The number of carbonyl (C=O) groups excluding carboxylic acids is 1. The number of aliphatic hydroxyl groups is 1. The first kappa shape index (κ1) is 16.4. The number of nitrogens with one attached hydrogen (secondary N) is 1. The summed E-state index contributed by atoms with van der Waals surface area (Å²) in [6.45, 7) is 3.51. The van der Waals surface area contributed by atoms with Crippen molar-refractivity contribution in [3.8, 4) is 0 Å². The number of allylic oxidation sites excluding steroid dienone is 1. The van der Waals surface area contributed by atoms with E-state index in [2.05, 4.69) is 5.32 Å². The Kier molecular flexibility index (Phi) is 5.11. The fourth-order valence-electron chi connectivity index (χ4n) is 2.00. The molecule has 0 aliphatic heterocycles. The third-order valence-corrected chi connectivity index (χ3v) is 4.41. The number of hydrogen-bond acceptors (Lipinski definition) is 3. The molecule has 0 saturated carbocycles. The molecule has 1 amide bonds. The second kappa shape index (κ2) is 6.85. The third kappa shape index (κ3) is 4.26. The highest BCUT2D eigenvalue weighted by molar-refractivity contribution is 7.10. The largest absolute Gasteiger partial charge is 0.383 e. The van der Waals surface area contributed by atoms with Gasteiger partial charge in [-0.15, -0.1) is 11.3 Å². The lowest BCUT2D eigenvalue weighted by molar-refractivity contribution is -0.117. The van der Waals surface area contributed by atoms with E-state index in [4.69, 9.17) is 0 Å². The van der Waals surface area contributed by atoms with Crippen molar-refractivity contribution in [2.45, 2.75) is 19.4 Å². The summed E-state index contributed by atoms with van der Waals surface area (Å²) in [5.74, 6) is -0.662. The molecule has 2 rings (SSSR count). The van der Waals surface area contributed by atoms with Crippen LogP contribution in [0.1, 0.15) is 24.3 Å². The van der Waals surface area contributed by atoms with Gasteiger partial charge >= 0.3 is 0 Å². The zero-order valence-electron chi connectivity index (χ0n) is 12.5. The van der Waals surface area contributed by atoms with Crippen molar-refractivity contribution < 1.29 is 14.3 Å². The van der Waals surface area contributed by atoms with Crippen LogP contribution in [0.25, 0.3) is 5.57 Å². The van der Waals surface area contributed by atoms with Crippen LogP contribution in [0.2, 0.25) is 0 Å². The van der Waals surface area contributed by atoms with Gasteiger partial charge in [-0.3, -0.25) is 4.79 Å². The normalized spacial score (nSPS) is 14.5. The molecule has 0 aliphatic rings. The molecule has 0 bridgehead atoms. The van der Waals surface area contributed by atoms with Crippen LogP contribution in [0, 0.1) is 5.82 Å². The first-order chi connectivity index (χ1) is 10.4. The fourth-order valence-corrected chi connectivity index (χ4v) is 2.78. The first-order valence-corrected chi connectivity index (χ1v) is 7.75. The summed E-state index contributed by atoms with van der Waals surface area (Å²) >= 11 is 1.44. The van der Waals surface area contributed by atoms with Crippen molar-refractivity contribution in [2.24, 2.45) is 0 Å². The maximum atomic E-state index is 13.2. The monoisotopic (exact) mass is 319 g/mol. The first-order valence-electron chi connectivity index (χ1n) is 6.87. The van der Waals surface area contributed by atoms with Gasteiger partial charge in [-0.1, -0.05) is 18.2 Å². The molecule has 1 atom stereocenters. The van der Waals surface area contributed by atoms with Gasteiger partial charge in [0.1, 0.15) is 11.4 Å². The summed E-state index contributed by atoms with van der Waals surface area (Å²) in [6, 6.07) is 9.75. The molecule has 116 valence electrons. The molecule has 1 aromatic heterocycles. The van der Waals surface area contributed by atoms with Crippen LogP contribution < -0.4 is 5.32 Å². The maximum absolute atomic E-state index is 13.2. The summed E-state index contributed by atoms with van der Waals surface area (Å²) in [6.07, 6.45) is 1.40. The number of rotatable bonds is 5. The SMILES string of the molecule is CC(=CC(=O)NCC(C)(O)c1cccs1)c1cccc(F)c1. The Morgan fingerprint density at radius 3 is 2.82 bits per heavy atom. The van der Waals surface area contributed by atoms with Crippen LogP contribution >= 0.6 is 11.3 Å². The van der Waals surface area contributed by atoms with E-state index in [0.717, 1.165) is 4.88 Å². The van der Waals surface area contributed by atoms with Crippen molar-refractivity contribution in [3.05, 3.63) is 64.1 Å². The van der Waals surface area contributed by atoms with Crippen molar-refractivity contribution in [1.82, 2.24) is 5.32 Å². The minimum Gasteiger partial charge on any atom is -0.383 e. The van der Waals surface area contributed by atoms with E-state index in [9.17, 15) is 14.3 Å². The standard InChI is InChI=1S/C17H18FNO2S/c1-12(13-5-3-6-14(18)10-13)9-16(20)19-11-17(2,21)15-7-4-8-22-15/h3-10,21H,11H2,1-2H3,(H,19,20). The van der Waals surface area contributed by atoms with Crippen molar-refractivity contribution in [3.63, 3.8) is 0 Å². The summed E-state index contributed by atoms with van der Waals surface area (Å²) in [5.41, 5.74) is 0.206. The van der Waals surface area contributed by atoms with Gasteiger partial charge < -0.3 is 10.4 Å². The molecular formula is C17H18FNO2S. The zero-order chi connectivity index (χ0) is 16.2. The molecule has 2 N–H and O–H groups in total. The number of hydrogen-bond donors (Lipinski definition) is 2. The zero-order valence-corrected chi connectivity index (χ0v) is 13.3. The molecule has 1 heterocycles. The molecule has 2 aromatic rings. The van der Waals surface area contributed by atoms with Gasteiger partial charge in [0.15, 0.2) is 0 Å². The summed E-state index contributed by atoms with van der Waals surface area (Å²) in [5, 5.41) is 14.9. The molecule has 0 spiro atoms. The van der Waals surface area contributed by atoms with Gasteiger partial charge in [0, 0.05) is 11.0 Å². The maximum Gasteiger partial charge on any atom is 0.244 e. The summed E-state index contributed by atoms with van der Waals surface area (Å²) < 4.78 is 13.2. The summed E-state index contributed by atoms with van der Waals surface area (Å²) in [4.78, 5) is 12.7. The molecule has 1 unspecified atom stereocenters. The highest BCUT2D eigenvalue weighted by Crippen LogP contribution is 2.24. The lowest BCUT2D eigenvalue weighted by Crippen LogP contribution is -2.37. The predicted octanol–water partition coefficient (Wildman–Crippen LogP) is 3.31. The lowest BCUT2D eigenvalue weighted by Gasteiger charge is -2.21. The van der Waals surface area contributed by atoms with Gasteiger partial charge in [0.25, 0.3) is 0 Å². The van der Waals surface area contributed by atoms with Crippen LogP contribution in [0.3, 0.4) is 0 Å². The van der Waals surface area contributed by atoms with E-state index in [-0.39, 0.29) is 18.3 Å². The highest BCUT2D eigenvalue weighted by atomic mass is 32.1. The number of halogens is 1. The smallest absolute Gasteiger partial charge is 0.244 e. The Labute approximate surface area is 133 Å². The molecular weight excluding hydrogens is 301 g/mol. The Balaban J connectivity index is 1.99. The van der Waals surface area contributed by atoms with E-state index in [1.807, 2.05) is 17.5 Å².